The van der Waals surface area contributed by atoms with Gasteiger partial charge in [0.25, 0.3) is 0 Å². The third-order valence-corrected chi connectivity index (χ3v) is 2.37. The summed E-state index contributed by atoms with van der Waals surface area (Å²) in [5.74, 6) is -0.829. The number of esters is 1. The third kappa shape index (κ3) is 3.16. The van der Waals surface area contributed by atoms with Crippen LogP contribution in [0.2, 0.25) is 0 Å². The number of halogens is 1. The van der Waals surface area contributed by atoms with Crippen LogP contribution < -0.4 is 0 Å². The number of carbonyl (C=O) groups is 1. The Labute approximate surface area is 103 Å². The molecule has 0 aliphatic rings. The normalized spacial score (nSPS) is 10.3. The maximum Gasteiger partial charge on any atom is 0.360 e. The summed E-state index contributed by atoms with van der Waals surface area (Å²) in [6.45, 7) is 1.99. The van der Waals surface area contributed by atoms with Gasteiger partial charge in [-0.05, 0) is 30.2 Å². The Morgan fingerprint density at radius 2 is 2.28 bits per heavy atom. The van der Waals surface area contributed by atoms with Gasteiger partial charge in [-0.2, -0.15) is 0 Å². The summed E-state index contributed by atoms with van der Waals surface area (Å²) in [5, 5.41) is 0. The Bertz CT molecular complexity index is 517. The first-order valence-electron chi connectivity index (χ1n) is 5.46. The number of oxazole rings is 1. The summed E-state index contributed by atoms with van der Waals surface area (Å²) in [4.78, 5) is 15.1. The van der Waals surface area contributed by atoms with Gasteiger partial charge < -0.3 is 9.15 Å². The van der Waals surface area contributed by atoms with Gasteiger partial charge in [0.05, 0.1) is 6.61 Å². The van der Waals surface area contributed by atoms with Gasteiger partial charge in [-0.15, -0.1) is 0 Å². The molecule has 0 aliphatic heterocycles. The molecule has 0 N–H and O–H groups in total. The Morgan fingerprint density at radius 1 is 1.44 bits per heavy atom. The summed E-state index contributed by atoms with van der Waals surface area (Å²) in [7, 11) is 0. The molecule has 4 nitrogen and oxygen atoms in total. The molecule has 0 radical (unpaired) electrons. The highest BCUT2D eigenvalue weighted by Gasteiger charge is 2.09. The van der Waals surface area contributed by atoms with Crippen LogP contribution in [-0.4, -0.2) is 17.6 Å². The lowest BCUT2D eigenvalue weighted by atomic mass is 10.1. The first-order valence-corrected chi connectivity index (χ1v) is 5.46. The smallest absolute Gasteiger partial charge is 0.360 e. The Hall–Kier alpha value is -2.17. The monoisotopic (exact) mass is 249 g/mol. The van der Waals surface area contributed by atoms with Crippen molar-refractivity contribution >= 4 is 5.97 Å². The minimum absolute atomic E-state index is 0.130. The highest BCUT2D eigenvalue weighted by atomic mass is 19.1. The lowest BCUT2D eigenvalue weighted by Crippen LogP contribution is -2.08. The molecule has 5 heteroatoms. The van der Waals surface area contributed by atoms with E-state index in [4.69, 9.17) is 4.74 Å². The molecule has 1 heterocycles. The van der Waals surface area contributed by atoms with E-state index < -0.39 is 5.97 Å². The molecular weight excluding hydrogens is 237 g/mol. The molecular formula is C13H12FNO3. The Morgan fingerprint density at radius 3 is 2.94 bits per heavy atom. The summed E-state index contributed by atoms with van der Waals surface area (Å²) < 4.78 is 22.8. The first-order chi connectivity index (χ1) is 8.65. The maximum atomic E-state index is 13.1. The van der Waals surface area contributed by atoms with Crippen molar-refractivity contribution in [2.45, 2.75) is 13.3 Å². The van der Waals surface area contributed by atoms with Crippen molar-refractivity contribution in [2.24, 2.45) is 0 Å². The molecule has 2 rings (SSSR count). The molecule has 0 aliphatic carbocycles. The second-order valence-electron chi connectivity index (χ2n) is 3.90. The van der Waals surface area contributed by atoms with Crippen LogP contribution >= 0.6 is 0 Å². The second-order valence-corrected chi connectivity index (χ2v) is 3.90. The van der Waals surface area contributed by atoms with Crippen molar-refractivity contribution in [1.29, 1.82) is 0 Å². The fourth-order valence-corrected chi connectivity index (χ4v) is 1.61. The number of rotatable bonds is 4. The van der Waals surface area contributed by atoms with Crippen molar-refractivity contribution in [3.8, 4) is 0 Å². The molecule has 0 spiro atoms. The van der Waals surface area contributed by atoms with E-state index in [2.05, 4.69) is 9.40 Å². The third-order valence-electron chi connectivity index (χ3n) is 2.37. The fourth-order valence-electron chi connectivity index (χ4n) is 1.61. The Balaban J connectivity index is 1.87. The van der Waals surface area contributed by atoms with E-state index in [1.54, 1.807) is 0 Å². The van der Waals surface area contributed by atoms with Crippen molar-refractivity contribution in [2.75, 3.05) is 6.61 Å². The van der Waals surface area contributed by atoms with Gasteiger partial charge in [0.1, 0.15) is 12.1 Å². The van der Waals surface area contributed by atoms with E-state index >= 15 is 0 Å². The van der Waals surface area contributed by atoms with E-state index in [-0.39, 0.29) is 18.1 Å². The lowest BCUT2D eigenvalue weighted by molar-refractivity contribution is 0.0502. The summed E-state index contributed by atoms with van der Waals surface area (Å²) in [5.41, 5.74) is 1.76. The molecule has 0 bridgehead atoms. The number of aromatic nitrogens is 1. The van der Waals surface area contributed by atoms with Gasteiger partial charge >= 0.3 is 5.97 Å². The van der Waals surface area contributed by atoms with Gasteiger partial charge in [-0.25, -0.2) is 14.2 Å². The maximum absolute atomic E-state index is 13.1. The van der Waals surface area contributed by atoms with Gasteiger partial charge in [-0.3, -0.25) is 0 Å². The quantitative estimate of drug-likeness (QED) is 0.781. The van der Waals surface area contributed by atoms with Crippen LogP contribution in [0.4, 0.5) is 4.39 Å². The predicted octanol–water partition coefficient (Wildman–Crippen LogP) is 2.52. The van der Waals surface area contributed by atoms with Crippen LogP contribution in [-0.2, 0) is 11.2 Å². The van der Waals surface area contributed by atoms with Crippen molar-refractivity contribution in [3.05, 3.63) is 53.5 Å². The SMILES string of the molecule is Cc1cc(F)cc(CCOC(=O)c2cocn2)c1. The number of carbonyl (C=O) groups excluding carboxylic acids is 1. The van der Waals surface area contributed by atoms with Crippen LogP contribution in [0.1, 0.15) is 21.6 Å². The van der Waals surface area contributed by atoms with E-state index in [1.165, 1.54) is 18.4 Å². The van der Waals surface area contributed by atoms with E-state index in [1.807, 2.05) is 13.0 Å². The van der Waals surface area contributed by atoms with E-state index in [0.717, 1.165) is 17.5 Å². The molecule has 94 valence electrons. The number of hydrogen-bond acceptors (Lipinski definition) is 4. The predicted molar refractivity (Wildman–Crippen MR) is 61.6 cm³/mol. The van der Waals surface area contributed by atoms with Crippen LogP contribution in [0.5, 0.6) is 0 Å². The van der Waals surface area contributed by atoms with Crippen molar-refractivity contribution in [3.63, 3.8) is 0 Å². The van der Waals surface area contributed by atoms with Crippen molar-refractivity contribution in [1.82, 2.24) is 4.98 Å². The minimum atomic E-state index is -0.545. The second kappa shape index (κ2) is 5.44. The minimum Gasteiger partial charge on any atom is -0.461 e. The number of ether oxygens (including phenoxy) is 1. The molecule has 0 atom stereocenters. The standard InChI is InChI=1S/C13H12FNO3/c1-9-4-10(6-11(14)5-9)2-3-18-13(16)12-7-17-8-15-12/h4-8H,2-3H2,1H3. The summed E-state index contributed by atoms with van der Waals surface area (Å²) in [6.07, 6.45) is 2.84. The molecule has 0 fully saturated rings. The summed E-state index contributed by atoms with van der Waals surface area (Å²) in [6, 6.07) is 4.73. The Kier molecular flexibility index (Phi) is 3.72. The van der Waals surface area contributed by atoms with Gasteiger partial charge in [0, 0.05) is 6.42 Å². The van der Waals surface area contributed by atoms with E-state index in [0.29, 0.717) is 6.42 Å². The molecule has 2 aromatic rings. The molecule has 0 saturated heterocycles. The van der Waals surface area contributed by atoms with Crippen LogP contribution in [0.25, 0.3) is 0 Å². The van der Waals surface area contributed by atoms with Crippen LogP contribution in [0, 0.1) is 12.7 Å². The average Bonchev–Trinajstić information content (AvgIpc) is 2.80. The largest absolute Gasteiger partial charge is 0.461 e. The van der Waals surface area contributed by atoms with E-state index in [9.17, 15) is 9.18 Å². The molecule has 0 amide bonds. The number of nitrogens with zero attached hydrogens (tertiary/aromatic N) is 1. The first kappa shape index (κ1) is 12.3. The van der Waals surface area contributed by atoms with Gasteiger partial charge in [-0.1, -0.05) is 6.07 Å². The molecule has 0 unspecified atom stereocenters. The molecule has 1 aromatic carbocycles. The van der Waals surface area contributed by atoms with Gasteiger partial charge in [0.15, 0.2) is 12.1 Å². The molecule has 18 heavy (non-hydrogen) atoms. The zero-order chi connectivity index (χ0) is 13.0. The van der Waals surface area contributed by atoms with Crippen LogP contribution in [0.15, 0.2) is 35.3 Å². The fraction of sp³-hybridized carbons (Fsp3) is 0.231. The molecule has 0 saturated carbocycles. The van der Waals surface area contributed by atoms with Gasteiger partial charge in [0.2, 0.25) is 0 Å². The topological polar surface area (TPSA) is 52.3 Å². The number of hydrogen-bond donors (Lipinski definition) is 0. The zero-order valence-electron chi connectivity index (χ0n) is 9.85. The lowest BCUT2D eigenvalue weighted by Gasteiger charge is -2.04. The number of benzene rings is 1. The van der Waals surface area contributed by atoms with Crippen molar-refractivity contribution < 1.29 is 18.3 Å². The number of aryl methyl sites for hydroxylation is 1. The highest BCUT2D eigenvalue weighted by molar-refractivity contribution is 5.86. The average molecular weight is 249 g/mol. The highest BCUT2D eigenvalue weighted by Crippen LogP contribution is 2.09. The van der Waals surface area contributed by atoms with Crippen LogP contribution in [0.3, 0.4) is 0 Å². The summed E-state index contributed by atoms with van der Waals surface area (Å²) >= 11 is 0. The molecule has 1 aromatic heterocycles. The zero-order valence-corrected chi connectivity index (χ0v) is 9.85.